The Balaban J connectivity index is 1.81. The van der Waals surface area contributed by atoms with E-state index >= 15 is 0 Å². The van der Waals surface area contributed by atoms with Gasteiger partial charge in [-0.1, -0.05) is 0 Å². The van der Waals surface area contributed by atoms with Crippen LogP contribution in [0.4, 0.5) is 15.6 Å². The van der Waals surface area contributed by atoms with Gasteiger partial charge in [0, 0.05) is 35.2 Å². The third-order valence-corrected chi connectivity index (χ3v) is 3.98. The average molecular weight is 329 g/mol. The summed E-state index contributed by atoms with van der Waals surface area (Å²) in [5.41, 5.74) is 0.875. The van der Waals surface area contributed by atoms with Crippen LogP contribution in [0, 0.1) is 0 Å². The fraction of sp³-hybridized carbons (Fsp3) is 0. The Morgan fingerprint density at radius 2 is 2.13 bits per heavy atom. The van der Waals surface area contributed by atoms with Gasteiger partial charge >= 0.3 is 12.0 Å². The molecule has 116 valence electrons. The van der Waals surface area contributed by atoms with Crippen LogP contribution in [0.2, 0.25) is 0 Å². The Kier molecular flexibility index (Phi) is 4.02. The number of H-pyrrole nitrogens is 1. The van der Waals surface area contributed by atoms with Crippen LogP contribution in [0.15, 0.2) is 43.1 Å². The van der Waals surface area contributed by atoms with Crippen molar-refractivity contribution in [3.63, 3.8) is 0 Å². The highest BCUT2D eigenvalue weighted by Gasteiger charge is 2.18. The topological polar surface area (TPSA) is 120 Å². The summed E-state index contributed by atoms with van der Waals surface area (Å²) in [6, 6.07) is 2.75. The minimum atomic E-state index is -1.11. The lowest BCUT2D eigenvalue weighted by atomic mass is 10.2. The quantitative estimate of drug-likeness (QED) is 0.586. The van der Waals surface area contributed by atoms with E-state index in [1.807, 2.05) is 6.07 Å². The van der Waals surface area contributed by atoms with Crippen molar-refractivity contribution < 1.29 is 14.7 Å². The van der Waals surface area contributed by atoms with Crippen molar-refractivity contribution in [2.75, 3.05) is 10.6 Å². The zero-order valence-corrected chi connectivity index (χ0v) is 12.4. The molecule has 3 aromatic rings. The summed E-state index contributed by atoms with van der Waals surface area (Å²) in [7, 11) is 0. The van der Waals surface area contributed by atoms with E-state index in [1.165, 1.54) is 36.0 Å². The lowest BCUT2D eigenvalue weighted by molar-refractivity contribution is 0.0698. The second-order valence-electron chi connectivity index (χ2n) is 4.43. The smallest absolute Gasteiger partial charge is 0.338 e. The lowest BCUT2D eigenvalue weighted by Gasteiger charge is -2.05. The number of anilines is 2. The van der Waals surface area contributed by atoms with Crippen LogP contribution < -0.4 is 10.6 Å². The van der Waals surface area contributed by atoms with E-state index in [1.54, 1.807) is 12.4 Å². The van der Waals surface area contributed by atoms with Crippen molar-refractivity contribution in [3.05, 3.63) is 48.7 Å². The number of hydrogen-bond donors (Lipinski definition) is 4. The molecule has 3 rings (SSSR count). The van der Waals surface area contributed by atoms with E-state index in [4.69, 9.17) is 0 Å². The summed E-state index contributed by atoms with van der Waals surface area (Å²) in [6.45, 7) is 0. The predicted molar refractivity (Wildman–Crippen MR) is 85.7 cm³/mol. The number of amides is 2. The summed E-state index contributed by atoms with van der Waals surface area (Å²) >= 11 is 1.18. The molecule has 4 N–H and O–H groups in total. The van der Waals surface area contributed by atoms with E-state index in [9.17, 15) is 14.7 Å². The van der Waals surface area contributed by atoms with Gasteiger partial charge in [0.05, 0.1) is 11.8 Å². The number of aromatic carboxylic acids is 1. The van der Waals surface area contributed by atoms with Crippen molar-refractivity contribution >= 4 is 34.2 Å². The molecule has 0 spiro atoms. The third-order valence-electron chi connectivity index (χ3n) is 2.88. The summed E-state index contributed by atoms with van der Waals surface area (Å²) in [6.07, 6.45) is 7.79. The summed E-state index contributed by atoms with van der Waals surface area (Å²) in [4.78, 5) is 34.7. The highest BCUT2D eigenvalue weighted by Crippen LogP contribution is 2.35. The fourth-order valence-electron chi connectivity index (χ4n) is 1.88. The number of aromatic amines is 1. The second-order valence-corrected chi connectivity index (χ2v) is 5.48. The molecule has 3 aromatic heterocycles. The molecule has 0 aliphatic heterocycles. The molecule has 8 nitrogen and oxygen atoms in total. The predicted octanol–water partition coefficient (Wildman–Crippen LogP) is 2.88. The molecule has 0 saturated carbocycles. The van der Waals surface area contributed by atoms with Gasteiger partial charge in [-0.05, 0) is 12.1 Å². The van der Waals surface area contributed by atoms with Crippen LogP contribution in [-0.4, -0.2) is 32.1 Å². The van der Waals surface area contributed by atoms with Crippen LogP contribution in [0.25, 0.3) is 10.4 Å². The minimum Gasteiger partial charge on any atom is -0.478 e. The Morgan fingerprint density at radius 3 is 2.78 bits per heavy atom. The Labute approximate surface area is 134 Å². The van der Waals surface area contributed by atoms with Crippen molar-refractivity contribution in [3.8, 4) is 10.4 Å². The SMILES string of the molecule is O=C(Nc1cnccn1)Nc1sc(-c2cc[nH]c2)cc1C(=O)O. The first-order valence-electron chi connectivity index (χ1n) is 6.48. The lowest BCUT2D eigenvalue weighted by Crippen LogP contribution is -2.20. The van der Waals surface area contributed by atoms with Crippen molar-refractivity contribution in [2.24, 2.45) is 0 Å². The van der Waals surface area contributed by atoms with Crippen LogP contribution in [0.1, 0.15) is 10.4 Å². The zero-order chi connectivity index (χ0) is 16.2. The standard InChI is InChI=1S/C14H11N5O3S/c20-13(21)9-5-10(8-1-2-15-6-8)23-12(9)19-14(22)18-11-7-16-3-4-17-11/h1-7,15H,(H,20,21)(H2,17,18,19,22). The van der Waals surface area contributed by atoms with E-state index in [0.717, 1.165) is 10.4 Å². The Bertz CT molecular complexity index is 829. The van der Waals surface area contributed by atoms with Gasteiger partial charge in [0.25, 0.3) is 0 Å². The highest BCUT2D eigenvalue weighted by atomic mass is 32.1. The van der Waals surface area contributed by atoms with E-state index in [2.05, 4.69) is 25.6 Å². The van der Waals surface area contributed by atoms with Gasteiger partial charge in [-0.25, -0.2) is 14.6 Å². The number of urea groups is 1. The Hall–Kier alpha value is -3.20. The van der Waals surface area contributed by atoms with Crippen molar-refractivity contribution in [2.45, 2.75) is 0 Å². The molecule has 0 fully saturated rings. The maximum atomic E-state index is 12.0. The van der Waals surface area contributed by atoms with E-state index in [-0.39, 0.29) is 16.4 Å². The van der Waals surface area contributed by atoms with E-state index in [0.29, 0.717) is 0 Å². The number of hydrogen-bond acceptors (Lipinski definition) is 5. The first-order valence-corrected chi connectivity index (χ1v) is 7.29. The fourth-order valence-corrected chi connectivity index (χ4v) is 2.92. The summed E-state index contributed by atoms with van der Waals surface area (Å²) in [5, 5.41) is 14.5. The van der Waals surface area contributed by atoms with Crippen molar-refractivity contribution in [1.29, 1.82) is 0 Å². The molecule has 0 radical (unpaired) electrons. The summed E-state index contributed by atoms with van der Waals surface area (Å²) in [5.74, 6) is -0.845. The molecule has 0 bridgehead atoms. The molecule has 2 amide bonds. The van der Waals surface area contributed by atoms with Crippen LogP contribution in [-0.2, 0) is 0 Å². The normalized spacial score (nSPS) is 10.3. The van der Waals surface area contributed by atoms with Crippen LogP contribution in [0.3, 0.4) is 0 Å². The highest BCUT2D eigenvalue weighted by molar-refractivity contribution is 7.20. The third kappa shape index (κ3) is 3.35. The van der Waals surface area contributed by atoms with E-state index < -0.39 is 12.0 Å². The molecule has 0 aromatic carbocycles. The van der Waals surface area contributed by atoms with Gasteiger partial charge < -0.3 is 10.1 Å². The van der Waals surface area contributed by atoms with Gasteiger partial charge in [0.15, 0.2) is 5.82 Å². The average Bonchev–Trinajstić information content (AvgIpc) is 3.17. The number of thiophene rings is 1. The van der Waals surface area contributed by atoms with Gasteiger partial charge in [0.2, 0.25) is 0 Å². The largest absolute Gasteiger partial charge is 0.478 e. The second kappa shape index (κ2) is 6.28. The number of carboxylic acids is 1. The molecule has 9 heteroatoms. The minimum absolute atomic E-state index is 0.0282. The Morgan fingerprint density at radius 1 is 1.26 bits per heavy atom. The molecule has 0 atom stereocenters. The molecule has 0 aliphatic carbocycles. The van der Waals surface area contributed by atoms with Crippen LogP contribution in [0.5, 0.6) is 0 Å². The number of nitrogens with one attached hydrogen (secondary N) is 3. The zero-order valence-electron chi connectivity index (χ0n) is 11.6. The molecular formula is C14H11N5O3S. The number of aromatic nitrogens is 3. The number of nitrogens with zero attached hydrogens (tertiary/aromatic N) is 2. The first-order chi connectivity index (χ1) is 11.1. The number of carboxylic acid groups (broad SMARTS) is 1. The van der Waals surface area contributed by atoms with Crippen LogP contribution >= 0.6 is 11.3 Å². The summed E-state index contributed by atoms with van der Waals surface area (Å²) < 4.78 is 0. The molecule has 0 saturated heterocycles. The maximum Gasteiger partial charge on any atom is 0.338 e. The maximum absolute atomic E-state index is 12.0. The molecule has 23 heavy (non-hydrogen) atoms. The van der Waals surface area contributed by atoms with Crippen molar-refractivity contribution in [1.82, 2.24) is 15.0 Å². The number of carbonyl (C=O) groups is 2. The molecule has 3 heterocycles. The molecular weight excluding hydrogens is 318 g/mol. The number of rotatable bonds is 4. The first kappa shape index (κ1) is 14.7. The molecule has 0 unspecified atom stereocenters. The van der Waals surface area contributed by atoms with Gasteiger partial charge in [-0.15, -0.1) is 11.3 Å². The monoisotopic (exact) mass is 329 g/mol. The van der Waals surface area contributed by atoms with Gasteiger partial charge in [-0.3, -0.25) is 15.6 Å². The number of carbonyl (C=O) groups excluding carboxylic acids is 1. The molecule has 0 aliphatic rings. The van der Waals surface area contributed by atoms with Gasteiger partial charge in [-0.2, -0.15) is 0 Å². The van der Waals surface area contributed by atoms with Gasteiger partial charge in [0.1, 0.15) is 5.00 Å².